The molecule has 11 rings (SSSR count). The molecule has 13 heteroatoms. The van der Waals surface area contributed by atoms with E-state index >= 15 is 8.78 Å². The molecule has 0 saturated heterocycles. The minimum absolute atomic E-state index is 0.339. The molecule has 0 bridgehead atoms. The van der Waals surface area contributed by atoms with Crippen LogP contribution >= 0.6 is 46.1 Å². The van der Waals surface area contributed by atoms with E-state index in [0.717, 1.165) is 92.9 Å². The second-order valence-corrected chi connectivity index (χ2v) is 25.0. The van der Waals surface area contributed by atoms with Gasteiger partial charge in [0.05, 0.1) is 34.6 Å². The molecule has 2 unspecified atom stereocenters. The monoisotopic (exact) mass is 954 g/mol. The number of fused-ring (bicyclic) bond motifs is 7. The molecular weight excluding hydrogens is 907 g/mol. The summed E-state index contributed by atoms with van der Waals surface area (Å²) in [6.07, 6.45) is 9.25. The lowest BCUT2D eigenvalue weighted by Gasteiger charge is -2.35. The molecule has 330 valence electrons. The predicted molar refractivity (Wildman–Crippen MR) is 272 cm³/mol. The van der Waals surface area contributed by atoms with Crippen molar-refractivity contribution in [1.29, 1.82) is 0 Å². The highest BCUT2D eigenvalue weighted by atomic mass is 32.1. The Hall–Kier alpha value is -4.92. The lowest BCUT2D eigenvalue weighted by Crippen LogP contribution is -2.56. The smallest absolute Gasteiger partial charge is 0.137 e. The summed E-state index contributed by atoms with van der Waals surface area (Å²) in [6, 6.07) is 29.6. The highest BCUT2D eigenvalue weighted by Gasteiger charge is 2.50. The van der Waals surface area contributed by atoms with Crippen molar-refractivity contribution in [1.82, 2.24) is 17.5 Å². The third kappa shape index (κ3) is 7.24. The van der Waals surface area contributed by atoms with Gasteiger partial charge in [0.2, 0.25) is 0 Å². The van der Waals surface area contributed by atoms with Gasteiger partial charge >= 0.3 is 0 Å². The Morgan fingerprint density at radius 3 is 1.40 bits per heavy atom. The molecule has 0 N–H and O–H groups in total. The van der Waals surface area contributed by atoms with Crippen LogP contribution in [0.4, 0.5) is 8.78 Å². The number of thiophene rings is 2. The number of benzene rings is 4. The van der Waals surface area contributed by atoms with E-state index in [1.807, 2.05) is 60.7 Å². The Balaban J connectivity index is 1.10. The van der Waals surface area contributed by atoms with Crippen molar-refractivity contribution in [2.75, 3.05) is 0 Å². The molecule has 1 aliphatic rings. The van der Waals surface area contributed by atoms with Crippen molar-refractivity contribution >= 4 is 109 Å². The van der Waals surface area contributed by atoms with Crippen molar-refractivity contribution in [3.63, 3.8) is 0 Å². The van der Waals surface area contributed by atoms with Crippen molar-refractivity contribution in [3.8, 4) is 53.3 Å². The summed E-state index contributed by atoms with van der Waals surface area (Å²) in [5, 5.41) is 4.72. The zero-order valence-corrected chi connectivity index (χ0v) is 41.1. The van der Waals surface area contributed by atoms with E-state index in [0.29, 0.717) is 67.7 Å². The number of hydrogen-bond acceptors (Lipinski definition) is 10. The van der Waals surface area contributed by atoms with Crippen molar-refractivity contribution < 1.29 is 17.6 Å². The van der Waals surface area contributed by atoms with Crippen LogP contribution < -0.4 is 10.4 Å². The van der Waals surface area contributed by atoms with Gasteiger partial charge in [-0.25, -0.2) is 8.78 Å². The Morgan fingerprint density at radius 2 is 0.985 bits per heavy atom. The zero-order valence-electron chi connectivity index (χ0n) is 36.8. The summed E-state index contributed by atoms with van der Waals surface area (Å²) in [5.74, 6) is 1.55. The fraction of sp³-hybridized carbons (Fsp3) is 0.308. The fourth-order valence-electron chi connectivity index (χ4n) is 10.5. The van der Waals surface area contributed by atoms with Crippen LogP contribution in [0.3, 0.4) is 0 Å². The maximum Gasteiger partial charge on any atom is 0.137 e. The molecule has 0 radical (unpaired) electrons. The summed E-state index contributed by atoms with van der Waals surface area (Å²) >= 11 is 5.54. The topological polar surface area (TPSA) is 77.8 Å². The lowest BCUT2D eigenvalue weighted by atomic mass is 10.0. The average molecular weight is 955 g/mol. The van der Waals surface area contributed by atoms with Crippen LogP contribution in [-0.4, -0.2) is 25.6 Å². The van der Waals surface area contributed by atoms with Gasteiger partial charge in [-0.3, -0.25) is 0 Å². The van der Waals surface area contributed by atoms with E-state index < -0.39 is 8.07 Å². The van der Waals surface area contributed by atoms with Gasteiger partial charge < -0.3 is 8.83 Å². The molecule has 0 spiro atoms. The first-order valence-electron chi connectivity index (χ1n) is 23.0. The lowest BCUT2D eigenvalue weighted by molar-refractivity contribution is 0.469. The first-order chi connectivity index (χ1) is 31.8. The molecule has 0 fully saturated rings. The molecule has 2 atom stereocenters. The standard InChI is InChI=1S/C52H48F2N4O2S4Si/c1-5-9-15-29(7-3)27-65(28-30(8-4)16-10-6-2)43-25-41(45-35(53)23-33(47-49(45)57-63-55-47)39-21-31-17-11-13-19-37(31)59-39)61-51(43)52-44(65)26-42(62-52)46-36(54)24-34(48-50(46)58-64-56-48)40-22-32-18-12-14-20-38(32)60-40/h11-14,17-26,29-30H,5-10,15-16,27-28H2,1-4H3. The molecular formula is C52H48F2N4O2S4Si. The molecule has 65 heavy (non-hydrogen) atoms. The summed E-state index contributed by atoms with van der Waals surface area (Å²) in [4.78, 5) is 4.15. The molecule has 6 nitrogen and oxygen atoms in total. The van der Waals surface area contributed by atoms with Gasteiger partial charge in [0, 0.05) is 41.4 Å². The third-order valence-electron chi connectivity index (χ3n) is 13.9. The molecule has 1 aliphatic heterocycles. The maximum atomic E-state index is 17.1. The van der Waals surface area contributed by atoms with Gasteiger partial charge in [-0.05, 0) is 82.8 Å². The van der Waals surface area contributed by atoms with Crippen LogP contribution in [0, 0.1) is 23.5 Å². The van der Waals surface area contributed by atoms with Gasteiger partial charge in [-0.1, -0.05) is 115 Å². The Kier molecular flexibility index (Phi) is 11.4. The van der Waals surface area contributed by atoms with E-state index in [2.05, 4.69) is 39.8 Å². The van der Waals surface area contributed by atoms with Gasteiger partial charge in [0.25, 0.3) is 0 Å². The second-order valence-electron chi connectivity index (χ2n) is 17.8. The zero-order chi connectivity index (χ0) is 44.4. The van der Waals surface area contributed by atoms with Gasteiger partial charge in [-0.15, -0.1) is 22.7 Å². The summed E-state index contributed by atoms with van der Waals surface area (Å²) in [5.41, 5.74) is 6.06. The van der Waals surface area contributed by atoms with E-state index in [1.54, 1.807) is 34.8 Å². The van der Waals surface area contributed by atoms with Gasteiger partial charge in [0.15, 0.2) is 0 Å². The second kappa shape index (κ2) is 17.4. The summed E-state index contributed by atoms with van der Waals surface area (Å²) < 4.78 is 65.8. The molecule has 0 saturated carbocycles. The molecule has 7 heterocycles. The fourth-order valence-corrected chi connectivity index (χ4v) is 22.1. The number of aromatic nitrogens is 4. The predicted octanol–water partition coefficient (Wildman–Crippen LogP) is 16.2. The number of hydrogen-bond donors (Lipinski definition) is 0. The summed E-state index contributed by atoms with van der Waals surface area (Å²) in [6.45, 7) is 9.26. The van der Waals surface area contributed by atoms with Crippen molar-refractivity contribution in [2.45, 2.75) is 91.1 Å². The number of para-hydroxylation sites is 2. The third-order valence-corrected chi connectivity index (χ3v) is 23.2. The van der Waals surface area contributed by atoms with E-state index in [-0.39, 0.29) is 11.6 Å². The van der Waals surface area contributed by atoms with Crippen LogP contribution in [0.5, 0.6) is 0 Å². The van der Waals surface area contributed by atoms with Crippen LogP contribution in [0.1, 0.15) is 79.1 Å². The molecule has 6 aromatic heterocycles. The molecule has 0 aliphatic carbocycles. The quantitative estimate of drug-likeness (QED) is 0.0898. The van der Waals surface area contributed by atoms with Gasteiger partial charge in [0.1, 0.15) is 64.5 Å². The number of unbranched alkanes of at least 4 members (excludes halogenated alkanes) is 2. The van der Waals surface area contributed by atoms with Crippen molar-refractivity contribution in [2.24, 2.45) is 11.8 Å². The van der Waals surface area contributed by atoms with Crippen LogP contribution in [0.15, 0.2) is 93.8 Å². The highest BCUT2D eigenvalue weighted by Crippen LogP contribution is 2.51. The highest BCUT2D eigenvalue weighted by molar-refractivity contribution is 7.31. The summed E-state index contributed by atoms with van der Waals surface area (Å²) in [7, 11) is -2.59. The minimum atomic E-state index is -2.59. The number of halogens is 2. The van der Waals surface area contributed by atoms with Crippen molar-refractivity contribution in [3.05, 3.63) is 96.6 Å². The Bertz CT molecular complexity index is 3090. The average Bonchev–Trinajstić information content (AvgIpc) is 4.19. The van der Waals surface area contributed by atoms with Crippen LogP contribution in [-0.2, 0) is 0 Å². The Morgan fingerprint density at radius 1 is 0.554 bits per heavy atom. The molecule has 10 aromatic rings. The first kappa shape index (κ1) is 42.7. The molecule has 0 amide bonds. The maximum absolute atomic E-state index is 17.1. The van der Waals surface area contributed by atoms with E-state index in [1.165, 1.54) is 45.8 Å². The van der Waals surface area contributed by atoms with Crippen LogP contribution in [0.2, 0.25) is 12.1 Å². The van der Waals surface area contributed by atoms with Crippen LogP contribution in [0.25, 0.3) is 97.3 Å². The first-order valence-corrected chi connectivity index (χ1v) is 28.5. The van der Waals surface area contributed by atoms with E-state index in [4.69, 9.17) is 26.3 Å². The molecule has 4 aromatic carbocycles. The minimum Gasteiger partial charge on any atom is -0.456 e. The normalized spacial score (nSPS) is 14.3. The van der Waals surface area contributed by atoms with Gasteiger partial charge in [-0.2, -0.15) is 17.5 Å². The number of rotatable bonds is 16. The SMILES string of the molecule is CCCCC(CC)C[Si]1(CC(CC)CCCC)c2cc(-c3c(F)cc(-c4cc5ccccc5o4)c4nsnc34)sc2-c2sc(-c3c(F)cc(-c4cc5ccccc5o4)c4nsnc34)cc21. The number of nitrogens with zero attached hydrogens (tertiary/aromatic N) is 4. The number of furan rings is 2. The van der Waals surface area contributed by atoms with E-state index in [9.17, 15) is 0 Å². The Labute approximate surface area is 394 Å². The largest absolute Gasteiger partial charge is 0.456 e.